The molecule has 4 nitrogen and oxygen atoms in total. The molecule has 0 aliphatic carbocycles. The van der Waals surface area contributed by atoms with Crippen LogP contribution in [0.15, 0.2) is 10.7 Å². The number of hydrogen-bond acceptors (Lipinski definition) is 4. The first-order valence-corrected chi connectivity index (χ1v) is 4.75. The Balaban J connectivity index is 2.12. The van der Waals surface area contributed by atoms with Crippen LogP contribution in [-0.4, -0.2) is 43.6 Å². The lowest BCUT2D eigenvalue weighted by Crippen LogP contribution is -2.38. The summed E-state index contributed by atoms with van der Waals surface area (Å²) in [6, 6.07) is 0.531. The molecule has 2 aliphatic rings. The van der Waals surface area contributed by atoms with Crippen LogP contribution in [0.25, 0.3) is 0 Å². The van der Waals surface area contributed by atoms with Crippen molar-refractivity contribution in [2.75, 3.05) is 26.8 Å². The Kier molecular flexibility index (Phi) is 2.36. The van der Waals surface area contributed by atoms with Gasteiger partial charge in [0.2, 0.25) is 0 Å². The van der Waals surface area contributed by atoms with E-state index in [9.17, 15) is 0 Å². The molecule has 0 aromatic rings. The average molecular weight is 180 g/mol. The molecule has 0 bridgehead atoms. The molecule has 13 heavy (non-hydrogen) atoms. The number of nitrogens with two attached hydrogens (primary N) is 1. The Morgan fingerprint density at radius 1 is 1.69 bits per heavy atom. The van der Waals surface area contributed by atoms with E-state index in [-0.39, 0.29) is 0 Å². The predicted molar refractivity (Wildman–Crippen MR) is 52.5 cm³/mol. The van der Waals surface area contributed by atoms with Crippen molar-refractivity contribution < 1.29 is 0 Å². The molecule has 2 aliphatic heterocycles. The van der Waals surface area contributed by atoms with Gasteiger partial charge in [0.05, 0.1) is 5.70 Å². The monoisotopic (exact) mass is 180 g/mol. The van der Waals surface area contributed by atoms with Crippen LogP contribution < -0.4 is 11.1 Å². The van der Waals surface area contributed by atoms with E-state index in [1.807, 2.05) is 0 Å². The van der Waals surface area contributed by atoms with Crippen LogP contribution in [0.4, 0.5) is 0 Å². The molecule has 1 fully saturated rings. The molecule has 2 unspecified atom stereocenters. The maximum atomic E-state index is 5.88. The number of nitrogens with one attached hydrogen (secondary N) is 1. The third kappa shape index (κ3) is 1.61. The molecular formula is C9H16N4. The molecule has 2 heterocycles. The van der Waals surface area contributed by atoms with E-state index < -0.39 is 0 Å². The molecule has 0 spiro atoms. The minimum Gasteiger partial charge on any atom is -0.394 e. The fourth-order valence-corrected chi connectivity index (χ4v) is 2.10. The summed E-state index contributed by atoms with van der Waals surface area (Å²) in [5.41, 5.74) is 6.70. The maximum Gasteiger partial charge on any atom is 0.0753 e. The number of likely N-dealkylation sites (N-methyl/N-ethyl adjacent to an activating group) is 1. The van der Waals surface area contributed by atoms with Gasteiger partial charge in [-0.15, -0.1) is 0 Å². The van der Waals surface area contributed by atoms with Crippen molar-refractivity contribution in [3.8, 4) is 0 Å². The first-order valence-electron chi connectivity index (χ1n) is 4.75. The Morgan fingerprint density at radius 2 is 2.54 bits per heavy atom. The van der Waals surface area contributed by atoms with Crippen molar-refractivity contribution in [3.63, 3.8) is 0 Å². The summed E-state index contributed by atoms with van der Waals surface area (Å²) in [4.78, 5) is 6.36. The average Bonchev–Trinajstić information content (AvgIpc) is 2.52. The lowest BCUT2D eigenvalue weighted by atomic mass is 9.92. The van der Waals surface area contributed by atoms with Crippen molar-refractivity contribution in [2.24, 2.45) is 16.6 Å². The largest absolute Gasteiger partial charge is 0.394 e. The summed E-state index contributed by atoms with van der Waals surface area (Å²) in [5, 5.41) is 3.34. The number of hydrogen-bond donors (Lipinski definition) is 2. The van der Waals surface area contributed by atoms with E-state index in [1.54, 1.807) is 0 Å². The van der Waals surface area contributed by atoms with Crippen molar-refractivity contribution in [3.05, 3.63) is 5.70 Å². The van der Waals surface area contributed by atoms with Crippen LogP contribution in [-0.2, 0) is 0 Å². The van der Waals surface area contributed by atoms with Gasteiger partial charge >= 0.3 is 0 Å². The highest BCUT2D eigenvalue weighted by atomic mass is 15.3. The zero-order valence-corrected chi connectivity index (χ0v) is 7.95. The van der Waals surface area contributed by atoms with Crippen LogP contribution >= 0.6 is 0 Å². The second-order valence-electron chi connectivity index (χ2n) is 3.78. The summed E-state index contributed by atoms with van der Waals surface area (Å²) >= 11 is 0. The fourth-order valence-electron chi connectivity index (χ4n) is 2.10. The van der Waals surface area contributed by atoms with Crippen LogP contribution in [0.3, 0.4) is 0 Å². The van der Waals surface area contributed by atoms with E-state index in [0.29, 0.717) is 12.0 Å². The minimum absolute atomic E-state index is 0.442. The number of rotatable bonds is 1. The molecule has 0 radical (unpaired) electrons. The lowest BCUT2D eigenvalue weighted by Gasteiger charge is -2.28. The molecule has 1 saturated heterocycles. The van der Waals surface area contributed by atoms with Crippen LogP contribution in [0.5, 0.6) is 0 Å². The SMILES string of the molecule is CN1CNCC1C1CCN=C=C1N. The Labute approximate surface area is 78.5 Å². The zero-order valence-electron chi connectivity index (χ0n) is 7.95. The van der Waals surface area contributed by atoms with Gasteiger partial charge in [0.15, 0.2) is 0 Å². The molecule has 0 aromatic carbocycles. The van der Waals surface area contributed by atoms with E-state index in [1.165, 1.54) is 0 Å². The quantitative estimate of drug-likeness (QED) is 0.565. The maximum absolute atomic E-state index is 5.88. The normalized spacial score (nSPS) is 35.0. The second-order valence-corrected chi connectivity index (χ2v) is 3.78. The highest BCUT2D eigenvalue weighted by Gasteiger charge is 2.31. The number of nitrogens with zero attached hydrogens (tertiary/aromatic N) is 2. The third-order valence-corrected chi connectivity index (χ3v) is 2.90. The molecule has 4 heteroatoms. The second kappa shape index (κ2) is 3.50. The van der Waals surface area contributed by atoms with Gasteiger partial charge in [0.1, 0.15) is 0 Å². The summed E-state index contributed by atoms with van der Waals surface area (Å²) in [6.07, 6.45) is 1.06. The highest BCUT2D eigenvalue weighted by Crippen LogP contribution is 2.22. The molecule has 2 atom stereocenters. The van der Waals surface area contributed by atoms with Gasteiger partial charge in [0, 0.05) is 37.6 Å². The van der Waals surface area contributed by atoms with Gasteiger partial charge in [-0.1, -0.05) is 0 Å². The Hall–Kier alpha value is -0.830. The smallest absolute Gasteiger partial charge is 0.0753 e. The summed E-state index contributed by atoms with van der Waals surface area (Å²) < 4.78 is 0. The topological polar surface area (TPSA) is 53.6 Å². The highest BCUT2D eigenvalue weighted by molar-refractivity contribution is 5.58. The van der Waals surface area contributed by atoms with Crippen LogP contribution in [0.2, 0.25) is 0 Å². The van der Waals surface area contributed by atoms with Crippen LogP contribution in [0.1, 0.15) is 6.42 Å². The predicted octanol–water partition coefficient (Wildman–Crippen LogP) is -0.620. The lowest BCUT2D eigenvalue weighted by molar-refractivity contribution is 0.248. The fraction of sp³-hybridized carbons (Fsp3) is 0.778. The summed E-state index contributed by atoms with van der Waals surface area (Å²) in [6.45, 7) is 2.87. The van der Waals surface area contributed by atoms with Gasteiger partial charge in [0.25, 0.3) is 0 Å². The van der Waals surface area contributed by atoms with E-state index in [4.69, 9.17) is 5.73 Å². The molecule has 0 aromatic heterocycles. The van der Waals surface area contributed by atoms with Crippen LogP contribution in [0, 0.1) is 5.92 Å². The molecule has 3 N–H and O–H groups in total. The number of aliphatic imine (C=N–C) groups is 1. The van der Waals surface area contributed by atoms with E-state index in [2.05, 4.69) is 28.1 Å². The first kappa shape index (κ1) is 8.75. The zero-order chi connectivity index (χ0) is 9.26. The van der Waals surface area contributed by atoms with Crippen molar-refractivity contribution in [1.29, 1.82) is 0 Å². The van der Waals surface area contributed by atoms with Gasteiger partial charge in [-0.05, 0) is 13.5 Å². The Bertz CT molecular complexity index is 254. The van der Waals surface area contributed by atoms with Crippen molar-refractivity contribution in [2.45, 2.75) is 12.5 Å². The van der Waals surface area contributed by atoms with Crippen molar-refractivity contribution in [1.82, 2.24) is 10.2 Å². The molecular weight excluding hydrogens is 164 g/mol. The summed E-state index contributed by atoms with van der Waals surface area (Å²) in [7, 11) is 2.13. The van der Waals surface area contributed by atoms with Gasteiger partial charge < -0.3 is 11.1 Å². The van der Waals surface area contributed by atoms with Gasteiger partial charge in [-0.3, -0.25) is 4.90 Å². The molecule has 0 amide bonds. The van der Waals surface area contributed by atoms with Gasteiger partial charge in [-0.25, -0.2) is 4.99 Å². The van der Waals surface area contributed by atoms with E-state index in [0.717, 1.165) is 31.9 Å². The minimum atomic E-state index is 0.442. The third-order valence-electron chi connectivity index (χ3n) is 2.90. The standard InChI is InChI=1S/C9H16N4/c1-13-6-12-5-9(13)7-2-3-11-4-8(7)10/h7,9,12H,2-3,5-6,10H2,1H3. The Morgan fingerprint density at radius 3 is 3.15 bits per heavy atom. The molecule has 2 rings (SSSR count). The van der Waals surface area contributed by atoms with E-state index >= 15 is 0 Å². The first-order chi connectivity index (χ1) is 6.29. The molecule has 0 saturated carbocycles. The van der Waals surface area contributed by atoms with Crippen molar-refractivity contribution >= 4 is 5.87 Å². The summed E-state index contributed by atoms with van der Waals surface area (Å²) in [5.74, 6) is 3.34. The van der Waals surface area contributed by atoms with Gasteiger partial charge in [-0.2, -0.15) is 0 Å². The molecule has 72 valence electrons.